The summed E-state index contributed by atoms with van der Waals surface area (Å²) in [5.74, 6) is -3.53. The number of amides is 4. The summed E-state index contributed by atoms with van der Waals surface area (Å²) in [4.78, 5) is 61.4. The van der Waals surface area contributed by atoms with Gasteiger partial charge in [-0.2, -0.15) is 5.01 Å². The minimum absolute atomic E-state index is 0.00904. The maximum atomic E-state index is 12.8. The van der Waals surface area contributed by atoms with Crippen LogP contribution in [0.5, 0.6) is 0 Å². The molecule has 3 fully saturated rings. The Labute approximate surface area is 163 Å². The number of imide groups is 1. The summed E-state index contributed by atoms with van der Waals surface area (Å²) in [5.41, 5.74) is 2.11. The summed E-state index contributed by atoms with van der Waals surface area (Å²) in [6, 6.07) is -0.980. The average Bonchev–Trinajstić information content (AvgIpc) is 3.04. The van der Waals surface area contributed by atoms with Crippen molar-refractivity contribution >= 4 is 29.4 Å². The minimum Gasteiger partial charge on any atom is -0.381 e. The Morgan fingerprint density at radius 1 is 0.929 bits per heavy atom. The van der Waals surface area contributed by atoms with Crippen LogP contribution < -0.4 is 10.7 Å². The van der Waals surface area contributed by atoms with Crippen molar-refractivity contribution in [3.8, 4) is 0 Å². The van der Waals surface area contributed by atoms with E-state index in [1.54, 1.807) is 0 Å². The zero-order valence-electron chi connectivity index (χ0n) is 15.9. The minimum atomic E-state index is -1.05. The molecule has 4 amide bonds. The molecule has 3 aliphatic rings. The molecule has 0 spiro atoms. The van der Waals surface area contributed by atoms with Gasteiger partial charge in [0.05, 0.1) is 0 Å². The number of carbonyl (C=O) groups is 5. The zero-order valence-corrected chi connectivity index (χ0v) is 15.9. The second-order valence-corrected chi connectivity index (χ2v) is 7.70. The summed E-state index contributed by atoms with van der Waals surface area (Å²) >= 11 is 0. The largest absolute Gasteiger partial charge is 0.381 e. The van der Waals surface area contributed by atoms with Crippen molar-refractivity contribution in [2.75, 3.05) is 13.2 Å². The van der Waals surface area contributed by atoms with Crippen molar-refractivity contribution in [1.29, 1.82) is 0 Å². The Morgan fingerprint density at radius 3 is 2.14 bits per heavy atom. The predicted molar refractivity (Wildman–Crippen MR) is 96.3 cm³/mol. The van der Waals surface area contributed by atoms with Crippen LogP contribution in [0.1, 0.15) is 57.8 Å². The fraction of sp³-hybridized carbons (Fsp3) is 0.737. The third-order valence-electron chi connectivity index (χ3n) is 5.78. The molecule has 1 saturated carbocycles. The van der Waals surface area contributed by atoms with Gasteiger partial charge in [-0.1, -0.05) is 19.3 Å². The highest BCUT2D eigenvalue weighted by Crippen LogP contribution is 2.25. The highest BCUT2D eigenvalue weighted by Gasteiger charge is 2.39. The van der Waals surface area contributed by atoms with E-state index in [2.05, 4.69) is 10.7 Å². The number of hydrazine groups is 1. The van der Waals surface area contributed by atoms with Crippen molar-refractivity contribution in [2.45, 2.75) is 63.8 Å². The maximum Gasteiger partial charge on any atom is 0.308 e. The second-order valence-electron chi connectivity index (χ2n) is 7.70. The molecule has 0 aromatic carbocycles. The molecule has 2 N–H and O–H groups in total. The van der Waals surface area contributed by atoms with E-state index < -0.39 is 29.5 Å². The first-order chi connectivity index (χ1) is 13.5. The molecule has 1 atom stereocenters. The molecule has 9 heteroatoms. The first-order valence-corrected chi connectivity index (χ1v) is 10.1. The van der Waals surface area contributed by atoms with E-state index in [1.165, 1.54) is 0 Å². The third-order valence-corrected chi connectivity index (χ3v) is 5.78. The fourth-order valence-corrected chi connectivity index (χ4v) is 4.08. The highest BCUT2D eigenvalue weighted by atomic mass is 16.5. The van der Waals surface area contributed by atoms with Gasteiger partial charge in [0.15, 0.2) is 0 Å². The van der Waals surface area contributed by atoms with Crippen molar-refractivity contribution in [3.05, 3.63) is 0 Å². The van der Waals surface area contributed by atoms with E-state index >= 15 is 0 Å². The summed E-state index contributed by atoms with van der Waals surface area (Å²) < 4.78 is 5.33. The lowest BCUT2D eigenvalue weighted by atomic mass is 9.85. The van der Waals surface area contributed by atoms with Crippen LogP contribution in [0, 0.1) is 11.8 Å². The molecule has 2 aliphatic heterocycles. The molecule has 2 heterocycles. The molecule has 1 unspecified atom stereocenters. The quantitative estimate of drug-likeness (QED) is 0.492. The molecule has 28 heavy (non-hydrogen) atoms. The first kappa shape index (κ1) is 20.4. The van der Waals surface area contributed by atoms with Crippen LogP contribution in [0.3, 0.4) is 0 Å². The van der Waals surface area contributed by atoms with E-state index in [0.29, 0.717) is 31.1 Å². The van der Waals surface area contributed by atoms with E-state index in [0.717, 1.165) is 32.1 Å². The van der Waals surface area contributed by atoms with Crippen LogP contribution in [0.2, 0.25) is 0 Å². The van der Waals surface area contributed by atoms with E-state index in [4.69, 9.17) is 4.74 Å². The van der Waals surface area contributed by atoms with Crippen LogP contribution >= 0.6 is 0 Å². The predicted octanol–water partition coefficient (Wildman–Crippen LogP) is 0.227. The van der Waals surface area contributed by atoms with Crippen molar-refractivity contribution < 1.29 is 28.7 Å². The molecule has 0 aromatic rings. The Bertz CT molecular complexity index is 636. The Morgan fingerprint density at radius 2 is 1.54 bits per heavy atom. The number of hydrogen-bond donors (Lipinski definition) is 2. The van der Waals surface area contributed by atoms with Gasteiger partial charge in [-0.3, -0.25) is 29.4 Å². The van der Waals surface area contributed by atoms with Gasteiger partial charge in [-0.05, 0) is 31.6 Å². The van der Waals surface area contributed by atoms with E-state index in [1.807, 2.05) is 0 Å². The molecular weight excluding hydrogens is 366 g/mol. The normalized spacial score (nSPS) is 22.8. The summed E-state index contributed by atoms with van der Waals surface area (Å²) in [6.45, 7) is 0.914. The number of carbonyl (C=O) groups excluding carboxylic acids is 5. The van der Waals surface area contributed by atoms with Gasteiger partial charge < -0.3 is 10.1 Å². The van der Waals surface area contributed by atoms with Gasteiger partial charge in [0.2, 0.25) is 23.5 Å². The number of rotatable bonds is 6. The van der Waals surface area contributed by atoms with Crippen LogP contribution in [0.25, 0.3) is 0 Å². The summed E-state index contributed by atoms with van der Waals surface area (Å²) in [7, 11) is 0. The molecule has 1 aliphatic carbocycles. The maximum absolute atomic E-state index is 12.8. The number of hydrogen-bond acceptors (Lipinski definition) is 6. The molecule has 154 valence electrons. The van der Waals surface area contributed by atoms with E-state index in [-0.39, 0.29) is 30.6 Å². The SMILES string of the molecule is O=C(NN1C(=O)CCC1=O)C(=O)C(NC(=O)C1CCCCC1)C1CCOCC1. The monoisotopic (exact) mass is 393 g/mol. The molecule has 0 bridgehead atoms. The number of nitrogens with zero attached hydrogens (tertiary/aromatic N) is 1. The van der Waals surface area contributed by atoms with Crippen LogP contribution in [-0.4, -0.2) is 53.7 Å². The summed E-state index contributed by atoms with van der Waals surface area (Å²) in [5, 5.41) is 3.39. The van der Waals surface area contributed by atoms with Crippen molar-refractivity contribution in [3.63, 3.8) is 0 Å². The van der Waals surface area contributed by atoms with Gasteiger partial charge in [0.25, 0.3) is 0 Å². The molecule has 0 aromatic heterocycles. The smallest absolute Gasteiger partial charge is 0.308 e. The number of ketones is 1. The van der Waals surface area contributed by atoms with Gasteiger partial charge in [-0.15, -0.1) is 0 Å². The second kappa shape index (κ2) is 9.27. The number of Topliss-reactive ketones (excluding diaryl/α,β-unsaturated/α-hetero) is 1. The topological polar surface area (TPSA) is 122 Å². The highest BCUT2D eigenvalue weighted by molar-refractivity contribution is 6.39. The van der Waals surface area contributed by atoms with Gasteiger partial charge in [-0.25, -0.2) is 0 Å². The zero-order chi connectivity index (χ0) is 20.1. The number of nitrogens with one attached hydrogen (secondary N) is 2. The van der Waals surface area contributed by atoms with Gasteiger partial charge in [0, 0.05) is 32.0 Å². The van der Waals surface area contributed by atoms with Crippen LogP contribution in [-0.2, 0) is 28.7 Å². The molecular formula is C19H27N3O6. The Kier molecular flexibility index (Phi) is 6.77. The van der Waals surface area contributed by atoms with E-state index in [9.17, 15) is 24.0 Å². The number of ether oxygens (including phenoxy) is 1. The average molecular weight is 393 g/mol. The Hall–Kier alpha value is -2.29. The first-order valence-electron chi connectivity index (χ1n) is 10.1. The fourth-order valence-electron chi connectivity index (χ4n) is 4.08. The lowest BCUT2D eigenvalue weighted by Crippen LogP contribution is -2.56. The lowest BCUT2D eigenvalue weighted by Gasteiger charge is -2.31. The molecule has 9 nitrogen and oxygen atoms in total. The summed E-state index contributed by atoms with van der Waals surface area (Å²) in [6.07, 6.45) is 5.75. The standard InChI is InChI=1S/C19H27N3O6/c23-14-6-7-15(24)22(14)21-19(27)17(25)16(12-8-10-28-11-9-12)20-18(26)13-4-2-1-3-5-13/h12-13,16H,1-11H2,(H,20,26)(H,21,27). The van der Waals surface area contributed by atoms with Crippen molar-refractivity contribution in [1.82, 2.24) is 15.8 Å². The molecule has 2 saturated heterocycles. The Balaban J connectivity index is 1.68. The van der Waals surface area contributed by atoms with Crippen LogP contribution in [0.15, 0.2) is 0 Å². The third kappa shape index (κ3) is 4.76. The molecule has 0 radical (unpaired) electrons. The van der Waals surface area contributed by atoms with Crippen molar-refractivity contribution in [2.24, 2.45) is 11.8 Å². The van der Waals surface area contributed by atoms with Gasteiger partial charge in [0.1, 0.15) is 6.04 Å². The molecule has 3 rings (SSSR count). The van der Waals surface area contributed by atoms with Crippen LogP contribution in [0.4, 0.5) is 0 Å². The lowest BCUT2D eigenvalue weighted by molar-refractivity contribution is -0.152. The van der Waals surface area contributed by atoms with Gasteiger partial charge >= 0.3 is 5.91 Å².